The van der Waals surface area contributed by atoms with Gasteiger partial charge in [-0.3, -0.25) is 0 Å². The van der Waals surface area contributed by atoms with E-state index in [0.29, 0.717) is 11.4 Å². The highest BCUT2D eigenvalue weighted by atomic mass is 16.5. The molecule has 0 unspecified atom stereocenters. The standard InChI is InChI=1S/C15H16N2O3/c1-10-6-7-11(9-12(10)15(18)20-3)17-13-5-4-8-16-14(13)19-2/h4-9,17H,1-3H3. The number of pyridine rings is 1. The summed E-state index contributed by atoms with van der Waals surface area (Å²) in [4.78, 5) is 15.8. The van der Waals surface area contributed by atoms with E-state index in [4.69, 9.17) is 9.47 Å². The second-order valence-electron chi connectivity index (χ2n) is 4.21. The molecule has 0 aliphatic rings. The van der Waals surface area contributed by atoms with Gasteiger partial charge in [0, 0.05) is 11.9 Å². The minimum atomic E-state index is -0.357. The maximum absolute atomic E-state index is 11.7. The molecule has 20 heavy (non-hydrogen) atoms. The molecule has 2 aromatic rings. The third-order valence-corrected chi connectivity index (χ3v) is 2.89. The van der Waals surface area contributed by atoms with Crippen LogP contribution in [0.5, 0.6) is 5.88 Å². The lowest BCUT2D eigenvalue weighted by molar-refractivity contribution is 0.0600. The number of nitrogens with zero attached hydrogens (tertiary/aromatic N) is 1. The van der Waals surface area contributed by atoms with E-state index >= 15 is 0 Å². The monoisotopic (exact) mass is 272 g/mol. The van der Waals surface area contributed by atoms with Crippen molar-refractivity contribution in [3.8, 4) is 5.88 Å². The van der Waals surface area contributed by atoms with Crippen LogP contribution in [0.15, 0.2) is 36.5 Å². The Morgan fingerprint density at radius 1 is 1.25 bits per heavy atom. The van der Waals surface area contributed by atoms with E-state index in [1.165, 1.54) is 7.11 Å². The lowest BCUT2D eigenvalue weighted by atomic mass is 10.1. The summed E-state index contributed by atoms with van der Waals surface area (Å²) in [5.74, 6) is 0.136. The Morgan fingerprint density at radius 2 is 2.05 bits per heavy atom. The Morgan fingerprint density at radius 3 is 2.75 bits per heavy atom. The van der Waals surface area contributed by atoms with Crippen molar-refractivity contribution in [2.75, 3.05) is 19.5 Å². The molecule has 0 spiro atoms. The third kappa shape index (κ3) is 2.88. The van der Waals surface area contributed by atoms with Gasteiger partial charge in [0.15, 0.2) is 0 Å². The quantitative estimate of drug-likeness (QED) is 0.867. The predicted molar refractivity (Wildman–Crippen MR) is 76.6 cm³/mol. The molecule has 0 amide bonds. The summed E-state index contributed by atoms with van der Waals surface area (Å²) < 4.78 is 9.94. The molecular formula is C15H16N2O3. The molecule has 1 N–H and O–H groups in total. The first kappa shape index (κ1) is 13.9. The van der Waals surface area contributed by atoms with Crippen LogP contribution < -0.4 is 10.1 Å². The Bertz CT molecular complexity index is 626. The molecule has 1 aromatic heterocycles. The molecule has 0 saturated carbocycles. The van der Waals surface area contributed by atoms with Gasteiger partial charge in [-0.05, 0) is 36.8 Å². The number of rotatable bonds is 4. The van der Waals surface area contributed by atoms with Crippen molar-refractivity contribution in [3.05, 3.63) is 47.7 Å². The van der Waals surface area contributed by atoms with Crippen LogP contribution in [-0.2, 0) is 4.74 Å². The number of methoxy groups -OCH3 is 2. The number of aromatic nitrogens is 1. The van der Waals surface area contributed by atoms with Gasteiger partial charge < -0.3 is 14.8 Å². The SMILES string of the molecule is COC(=O)c1cc(Nc2cccnc2OC)ccc1C. The average Bonchev–Trinajstić information content (AvgIpc) is 2.49. The summed E-state index contributed by atoms with van der Waals surface area (Å²) in [6.07, 6.45) is 1.65. The largest absolute Gasteiger partial charge is 0.480 e. The number of hydrogen-bond acceptors (Lipinski definition) is 5. The predicted octanol–water partition coefficient (Wildman–Crippen LogP) is 2.93. The smallest absolute Gasteiger partial charge is 0.338 e. The van der Waals surface area contributed by atoms with Crippen LogP contribution in [0, 0.1) is 6.92 Å². The Labute approximate surface area is 117 Å². The van der Waals surface area contributed by atoms with Gasteiger partial charge in [-0.1, -0.05) is 6.07 Å². The number of hydrogen-bond donors (Lipinski definition) is 1. The molecule has 0 saturated heterocycles. The van der Waals surface area contributed by atoms with Crippen molar-refractivity contribution in [1.29, 1.82) is 0 Å². The van der Waals surface area contributed by atoms with Crippen LogP contribution in [0.4, 0.5) is 11.4 Å². The van der Waals surface area contributed by atoms with Gasteiger partial charge in [-0.2, -0.15) is 0 Å². The van der Waals surface area contributed by atoms with E-state index in [0.717, 1.165) is 16.9 Å². The fourth-order valence-corrected chi connectivity index (χ4v) is 1.83. The van der Waals surface area contributed by atoms with Crippen LogP contribution in [0.25, 0.3) is 0 Å². The van der Waals surface area contributed by atoms with Gasteiger partial charge >= 0.3 is 5.97 Å². The summed E-state index contributed by atoms with van der Waals surface area (Å²) in [6, 6.07) is 9.14. The van der Waals surface area contributed by atoms with E-state index in [2.05, 4.69) is 10.3 Å². The van der Waals surface area contributed by atoms with Crippen LogP contribution in [-0.4, -0.2) is 25.2 Å². The van der Waals surface area contributed by atoms with Crippen LogP contribution in [0.1, 0.15) is 15.9 Å². The van der Waals surface area contributed by atoms with Crippen molar-refractivity contribution in [2.24, 2.45) is 0 Å². The number of aryl methyl sites for hydroxylation is 1. The highest BCUT2D eigenvalue weighted by molar-refractivity contribution is 5.92. The zero-order chi connectivity index (χ0) is 14.5. The average molecular weight is 272 g/mol. The highest BCUT2D eigenvalue weighted by Crippen LogP contribution is 2.26. The van der Waals surface area contributed by atoms with Crippen molar-refractivity contribution in [2.45, 2.75) is 6.92 Å². The molecule has 0 fully saturated rings. The zero-order valence-corrected chi connectivity index (χ0v) is 11.6. The second kappa shape index (κ2) is 6.06. The second-order valence-corrected chi connectivity index (χ2v) is 4.21. The van der Waals surface area contributed by atoms with E-state index in [9.17, 15) is 4.79 Å². The topological polar surface area (TPSA) is 60.5 Å². The molecule has 104 valence electrons. The Kier molecular flexibility index (Phi) is 4.20. The first-order chi connectivity index (χ1) is 9.65. The van der Waals surface area contributed by atoms with Gasteiger partial charge in [0.1, 0.15) is 5.69 Å². The Hall–Kier alpha value is -2.56. The molecule has 0 radical (unpaired) electrons. The van der Waals surface area contributed by atoms with E-state index < -0.39 is 0 Å². The summed E-state index contributed by atoms with van der Waals surface area (Å²) in [7, 11) is 2.93. The van der Waals surface area contributed by atoms with Crippen LogP contribution in [0.2, 0.25) is 0 Å². The maximum atomic E-state index is 11.7. The number of esters is 1. The molecule has 1 aromatic carbocycles. The zero-order valence-electron chi connectivity index (χ0n) is 11.6. The van der Waals surface area contributed by atoms with Crippen molar-refractivity contribution in [3.63, 3.8) is 0 Å². The van der Waals surface area contributed by atoms with E-state index in [1.54, 1.807) is 25.4 Å². The van der Waals surface area contributed by atoms with E-state index in [-0.39, 0.29) is 5.97 Å². The van der Waals surface area contributed by atoms with Crippen molar-refractivity contribution in [1.82, 2.24) is 4.98 Å². The molecular weight excluding hydrogens is 256 g/mol. The fraction of sp³-hybridized carbons (Fsp3) is 0.200. The minimum absolute atomic E-state index is 0.357. The number of ether oxygens (including phenoxy) is 2. The molecule has 1 heterocycles. The lowest BCUT2D eigenvalue weighted by Crippen LogP contribution is -2.05. The number of benzene rings is 1. The van der Waals surface area contributed by atoms with Gasteiger partial charge in [0.05, 0.1) is 19.8 Å². The molecule has 5 nitrogen and oxygen atoms in total. The normalized spacial score (nSPS) is 9.95. The van der Waals surface area contributed by atoms with Gasteiger partial charge in [-0.25, -0.2) is 9.78 Å². The molecule has 2 rings (SSSR count). The summed E-state index contributed by atoms with van der Waals surface area (Å²) in [5, 5.41) is 3.17. The summed E-state index contributed by atoms with van der Waals surface area (Å²) in [5.41, 5.74) is 2.89. The minimum Gasteiger partial charge on any atom is -0.480 e. The highest BCUT2D eigenvalue weighted by Gasteiger charge is 2.11. The number of nitrogens with one attached hydrogen (secondary N) is 1. The molecule has 0 atom stereocenters. The number of anilines is 2. The van der Waals surface area contributed by atoms with Crippen molar-refractivity contribution < 1.29 is 14.3 Å². The third-order valence-electron chi connectivity index (χ3n) is 2.89. The first-order valence-corrected chi connectivity index (χ1v) is 6.10. The van der Waals surface area contributed by atoms with Gasteiger partial charge in [0.2, 0.25) is 5.88 Å². The van der Waals surface area contributed by atoms with Crippen LogP contribution >= 0.6 is 0 Å². The molecule has 5 heteroatoms. The van der Waals surface area contributed by atoms with Gasteiger partial charge in [-0.15, -0.1) is 0 Å². The van der Waals surface area contributed by atoms with Crippen LogP contribution in [0.3, 0.4) is 0 Å². The fourth-order valence-electron chi connectivity index (χ4n) is 1.83. The number of carbonyl (C=O) groups is 1. The summed E-state index contributed by atoms with van der Waals surface area (Å²) in [6.45, 7) is 1.86. The first-order valence-electron chi connectivity index (χ1n) is 6.10. The van der Waals surface area contributed by atoms with Gasteiger partial charge in [0.25, 0.3) is 0 Å². The van der Waals surface area contributed by atoms with E-state index in [1.807, 2.05) is 25.1 Å². The molecule has 0 bridgehead atoms. The maximum Gasteiger partial charge on any atom is 0.338 e. The number of carbonyl (C=O) groups excluding carboxylic acids is 1. The lowest BCUT2D eigenvalue weighted by Gasteiger charge is -2.11. The molecule has 0 aliphatic heterocycles. The Balaban J connectivity index is 2.32. The summed E-state index contributed by atoms with van der Waals surface area (Å²) >= 11 is 0. The molecule has 0 aliphatic carbocycles. The van der Waals surface area contributed by atoms with Crippen molar-refractivity contribution >= 4 is 17.3 Å².